The summed E-state index contributed by atoms with van der Waals surface area (Å²) in [6, 6.07) is 44.0. The maximum absolute atomic E-state index is 13.4. The Morgan fingerprint density at radius 1 is 0.619 bits per heavy atom. The Morgan fingerprint density at radius 2 is 1.14 bits per heavy atom. The zero-order valence-corrected chi connectivity index (χ0v) is 24.7. The molecule has 5 heteroatoms. The van der Waals surface area contributed by atoms with Gasteiger partial charge in [-0.3, -0.25) is 9.59 Å². The summed E-state index contributed by atoms with van der Waals surface area (Å²) in [6.07, 6.45) is 1.77. The molecule has 1 aliphatic heterocycles. The number of anilines is 3. The van der Waals surface area contributed by atoms with Gasteiger partial charge in [-0.2, -0.15) is 0 Å². The molecule has 0 amide bonds. The number of fused-ring (bicyclic) bond motifs is 4. The summed E-state index contributed by atoms with van der Waals surface area (Å²) >= 11 is 1.60. The highest BCUT2D eigenvalue weighted by molar-refractivity contribution is 7.17. The van der Waals surface area contributed by atoms with Crippen molar-refractivity contribution in [3.63, 3.8) is 0 Å². The van der Waals surface area contributed by atoms with Crippen LogP contribution in [0.4, 0.5) is 16.4 Å². The molecule has 1 aliphatic carbocycles. The van der Waals surface area contributed by atoms with E-state index in [4.69, 9.17) is 0 Å². The number of hydrogen-bond acceptors (Lipinski definition) is 4. The fourth-order valence-electron chi connectivity index (χ4n) is 6.60. The van der Waals surface area contributed by atoms with Crippen molar-refractivity contribution in [2.75, 3.05) is 4.90 Å². The minimum atomic E-state index is -2.27. The molecule has 0 saturated carbocycles. The van der Waals surface area contributed by atoms with Gasteiger partial charge in [0.15, 0.2) is 19.6 Å². The highest BCUT2D eigenvalue weighted by Crippen LogP contribution is 2.42. The average Bonchev–Trinajstić information content (AvgIpc) is 3.59. The van der Waals surface area contributed by atoms with Crippen LogP contribution in [0.25, 0.3) is 16.8 Å². The number of rotatable bonds is 3. The number of nitrogens with zero attached hydrogens (tertiary/aromatic N) is 1. The van der Waals surface area contributed by atoms with Crippen LogP contribution in [0, 0.1) is 0 Å². The smallest absolute Gasteiger partial charge is 0.197 e. The first-order chi connectivity index (χ1) is 20.5. The van der Waals surface area contributed by atoms with Crippen LogP contribution >= 0.6 is 11.3 Å². The molecule has 0 radical (unpaired) electrons. The van der Waals surface area contributed by atoms with Crippen molar-refractivity contribution in [2.45, 2.75) is 6.55 Å². The van der Waals surface area contributed by atoms with E-state index in [9.17, 15) is 9.59 Å². The lowest BCUT2D eigenvalue weighted by molar-refractivity contribution is 0.0990. The molecular weight excluding hydrogens is 551 g/mol. The molecule has 2 heterocycles. The van der Waals surface area contributed by atoms with E-state index in [-0.39, 0.29) is 17.1 Å². The number of benzene rings is 5. The zero-order valence-electron chi connectivity index (χ0n) is 22.9. The van der Waals surface area contributed by atoms with Gasteiger partial charge in [-0.05, 0) is 68.8 Å². The van der Waals surface area contributed by atoms with E-state index >= 15 is 0 Å². The normalized spacial score (nSPS) is 15.0. The molecule has 3 nitrogen and oxygen atoms in total. The maximum atomic E-state index is 13.4. The van der Waals surface area contributed by atoms with E-state index in [2.05, 4.69) is 96.4 Å². The highest BCUT2D eigenvalue weighted by Gasteiger charge is 2.43. The van der Waals surface area contributed by atoms with Crippen LogP contribution in [0.2, 0.25) is 6.55 Å². The van der Waals surface area contributed by atoms with Gasteiger partial charge in [-0.1, -0.05) is 97.5 Å². The van der Waals surface area contributed by atoms with E-state index in [1.54, 1.807) is 17.4 Å². The van der Waals surface area contributed by atoms with Crippen LogP contribution in [-0.4, -0.2) is 19.6 Å². The molecule has 2 aliphatic rings. The van der Waals surface area contributed by atoms with Gasteiger partial charge in [-0.25, -0.2) is 0 Å². The second-order valence-corrected chi connectivity index (χ2v) is 16.0. The van der Waals surface area contributed by atoms with Crippen molar-refractivity contribution in [1.29, 1.82) is 0 Å². The number of para-hydroxylation sites is 2. The number of carbonyl (C=O) groups excluding carboxylic acids is 2. The predicted octanol–water partition coefficient (Wildman–Crippen LogP) is 7.25. The first-order valence-electron chi connectivity index (χ1n) is 14.0. The third kappa shape index (κ3) is 3.57. The molecule has 0 unspecified atom stereocenters. The Hall–Kier alpha value is -4.84. The monoisotopic (exact) mass is 575 g/mol. The van der Waals surface area contributed by atoms with Crippen molar-refractivity contribution in [3.8, 4) is 0 Å². The Labute approximate surface area is 249 Å². The van der Waals surface area contributed by atoms with Crippen molar-refractivity contribution in [3.05, 3.63) is 149 Å². The van der Waals surface area contributed by atoms with E-state index < -0.39 is 8.07 Å². The van der Waals surface area contributed by atoms with Crippen molar-refractivity contribution >= 4 is 79.8 Å². The summed E-state index contributed by atoms with van der Waals surface area (Å²) in [5.74, 6) is -0.400. The van der Waals surface area contributed by atoms with Gasteiger partial charge in [-0.15, -0.1) is 11.3 Å². The lowest BCUT2D eigenvalue weighted by Gasteiger charge is -2.42. The van der Waals surface area contributed by atoms with Crippen LogP contribution in [0.5, 0.6) is 0 Å². The van der Waals surface area contributed by atoms with Crippen LogP contribution < -0.4 is 20.5 Å². The first kappa shape index (κ1) is 24.9. The molecule has 6 aromatic rings. The summed E-state index contributed by atoms with van der Waals surface area (Å²) in [5, 5.41) is 7.09. The van der Waals surface area contributed by atoms with E-state index in [1.807, 2.05) is 42.5 Å². The number of carbonyl (C=O) groups is 2. The molecule has 42 heavy (non-hydrogen) atoms. The van der Waals surface area contributed by atoms with Gasteiger partial charge in [0.05, 0.1) is 5.57 Å². The molecule has 200 valence electrons. The van der Waals surface area contributed by atoms with Gasteiger partial charge in [0.1, 0.15) is 5.00 Å². The standard InChI is InChI=1S/C37H25NO2SSi/c1-42(27-13-3-2-4-14-27)33-17-9-7-15-31(33)38(32-16-8-10-18-34(32)42)35-20-19-26(41-35)23-30-36(39)28-21-24-11-5-6-12-25(24)22-29(28)37(30)40/h2-23H,1H3. The minimum Gasteiger partial charge on any atom is -0.302 e. The van der Waals surface area contributed by atoms with E-state index in [0.29, 0.717) is 11.1 Å². The Morgan fingerprint density at radius 3 is 1.74 bits per heavy atom. The molecule has 0 bridgehead atoms. The average molecular weight is 576 g/mol. The molecule has 1 aromatic heterocycles. The number of Topliss-reactive ketones (excluding diaryl/α,β-unsaturated/α-hetero) is 2. The molecular formula is C37H25NO2SSi. The summed E-state index contributed by atoms with van der Waals surface area (Å²) in [4.78, 5) is 30.0. The lowest BCUT2D eigenvalue weighted by Crippen LogP contribution is -2.68. The maximum Gasteiger partial charge on any atom is 0.197 e. The van der Waals surface area contributed by atoms with Gasteiger partial charge in [0.2, 0.25) is 0 Å². The largest absolute Gasteiger partial charge is 0.302 e. The van der Waals surface area contributed by atoms with Crippen LogP contribution in [0.15, 0.2) is 133 Å². The highest BCUT2D eigenvalue weighted by atomic mass is 32.1. The molecule has 0 spiro atoms. The van der Waals surface area contributed by atoms with Crippen molar-refractivity contribution in [1.82, 2.24) is 0 Å². The second kappa shape index (κ2) is 9.34. The second-order valence-electron chi connectivity index (χ2n) is 11.0. The van der Waals surface area contributed by atoms with Gasteiger partial charge in [0.25, 0.3) is 0 Å². The third-order valence-electron chi connectivity index (χ3n) is 8.70. The summed E-state index contributed by atoms with van der Waals surface area (Å²) in [6.45, 7) is 2.44. The zero-order chi connectivity index (χ0) is 28.4. The van der Waals surface area contributed by atoms with Gasteiger partial charge >= 0.3 is 0 Å². The van der Waals surface area contributed by atoms with Gasteiger partial charge in [0, 0.05) is 27.4 Å². The summed E-state index contributed by atoms with van der Waals surface area (Å²) in [5.41, 5.74) is 3.58. The molecule has 5 aromatic carbocycles. The van der Waals surface area contributed by atoms with E-state index in [0.717, 1.165) is 20.7 Å². The van der Waals surface area contributed by atoms with E-state index in [1.165, 1.54) is 26.9 Å². The SMILES string of the molecule is C[Si]1(c2ccccc2)c2ccccc2N(c2ccc(C=C3C(=O)c4cc5ccccc5cc4C3=O)s2)c2ccccc21. The predicted molar refractivity (Wildman–Crippen MR) is 177 cm³/mol. The number of ketones is 2. The van der Waals surface area contributed by atoms with Crippen molar-refractivity contribution in [2.24, 2.45) is 0 Å². The Balaban J connectivity index is 1.23. The Kier molecular flexibility index (Phi) is 5.54. The fraction of sp³-hybridized carbons (Fsp3) is 0.0270. The summed E-state index contributed by atoms with van der Waals surface area (Å²) < 4.78 is 0. The summed E-state index contributed by atoms with van der Waals surface area (Å²) in [7, 11) is -2.27. The number of thiophene rings is 1. The third-order valence-corrected chi connectivity index (χ3v) is 14.2. The van der Waals surface area contributed by atoms with Crippen LogP contribution in [-0.2, 0) is 0 Å². The quantitative estimate of drug-likeness (QED) is 0.127. The minimum absolute atomic E-state index is 0.200. The molecule has 0 fully saturated rings. The molecule has 8 rings (SSSR count). The molecule has 0 atom stereocenters. The van der Waals surface area contributed by atoms with Crippen LogP contribution in [0.1, 0.15) is 25.6 Å². The molecule has 0 saturated heterocycles. The fourth-order valence-corrected chi connectivity index (χ4v) is 11.6. The Bertz CT molecular complexity index is 2010. The molecule has 0 N–H and O–H groups in total. The first-order valence-corrected chi connectivity index (χ1v) is 17.3. The topological polar surface area (TPSA) is 37.4 Å². The lowest BCUT2D eigenvalue weighted by atomic mass is 10.0. The number of allylic oxidation sites excluding steroid dienone is 1. The van der Waals surface area contributed by atoms with Gasteiger partial charge < -0.3 is 4.90 Å². The van der Waals surface area contributed by atoms with Crippen LogP contribution in [0.3, 0.4) is 0 Å². The number of hydrogen-bond donors (Lipinski definition) is 0. The van der Waals surface area contributed by atoms with Crippen molar-refractivity contribution < 1.29 is 9.59 Å².